The van der Waals surface area contributed by atoms with E-state index in [2.05, 4.69) is 6.92 Å². The van der Waals surface area contributed by atoms with Gasteiger partial charge in [0.05, 0.1) is 0 Å². The number of benzene rings is 3. The summed E-state index contributed by atoms with van der Waals surface area (Å²) < 4.78 is 40.6. The minimum Gasteiger partial charge on any atom is -0.204 e. The second kappa shape index (κ2) is 5.99. The van der Waals surface area contributed by atoms with E-state index in [1.165, 1.54) is 12.0 Å². The topological polar surface area (TPSA) is 0 Å². The van der Waals surface area contributed by atoms with Crippen LogP contribution in [-0.4, -0.2) is 0 Å². The molecule has 0 nitrogen and oxygen atoms in total. The van der Waals surface area contributed by atoms with Crippen LogP contribution >= 0.6 is 0 Å². The van der Waals surface area contributed by atoms with Gasteiger partial charge in [-0.2, -0.15) is 0 Å². The molecule has 0 N–H and O–H groups in total. The fraction of sp³-hybridized carbons (Fsp3) is 0.263. The van der Waals surface area contributed by atoms with Crippen molar-refractivity contribution < 1.29 is 13.2 Å². The zero-order valence-electron chi connectivity index (χ0n) is 12.4. The van der Waals surface area contributed by atoms with Gasteiger partial charge in [0.2, 0.25) is 0 Å². The number of hydrogen-bond acceptors (Lipinski definition) is 0. The molecule has 3 heteroatoms. The van der Waals surface area contributed by atoms with Crippen molar-refractivity contribution in [3.05, 3.63) is 59.4 Å². The van der Waals surface area contributed by atoms with Crippen molar-refractivity contribution in [2.45, 2.75) is 32.6 Å². The molecule has 0 aliphatic heterocycles. The molecule has 22 heavy (non-hydrogen) atoms. The van der Waals surface area contributed by atoms with E-state index in [0.717, 1.165) is 36.1 Å². The Morgan fingerprint density at radius 3 is 2.36 bits per heavy atom. The second-order valence-corrected chi connectivity index (χ2v) is 5.70. The maximum atomic E-state index is 13.9. The second-order valence-electron chi connectivity index (χ2n) is 5.70. The lowest BCUT2D eigenvalue weighted by atomic mass is 9.99. The zero-order valence-corrected chi connectivity index (χ0v) is 12.4. The van der Waals surface area contributed by atoms with Crippen LogP contribution in [-0.2, 0) is 6.42 Å². The third kappa shape index (κ3) is 2.68. The zero-order chi connectivity index (χ0) is 15.7. The molecule has 3 aromatic rings. The van der Waals surface area contributed by atoms with Gasteiger partial charge in [-0.1, -0.05) is 38.0 Å². The van der Waals surface area contributed by atoms with E-state index in [1.54, 1.807) is 12.1 Å². The summed E-state index contributed by atoms with van der Waals surface area (Å²) in [5.74, 6) is -3.68. The average Bonchev–Trinajstić information content (AvgIpc) is 2.52. The molecule has 0 amide bonds. The minimum absolute atomic E-state index is 0.122. The summed E-state index contributed by atoms with van der Waals surface area (Å²) in [6, 6.07) is 10.3. The first-order valence-corrected chi connectivity index (χ1v) is 7.60. The molecule has 0 saturated heterocycles. The Morgan fingerprint density at radius 2 is 1.59 bits per heavy atom. The maximum absolute atomic E-state index is 13.9. The van der Waals surface area contributed by atoms with Crippen LogP contribution in [0.25, 0.3) is 21.5 Å². The Hall–Kier alpha value is -2.03. The molecule has 0 unspecified atom stereocenters. The Bertz CT molecular complexity index is 837. The fourth-order valence-electron chi connectivity index (χ4n) is 2.83. The maximum Gasteiger partial charge on any atom is 0.195 e. The summed E-state index contributed by atoms with van der Waals surface area (Å²) in [4.78, 5) is 0. The van der Waals surface area contributed by atoms with Gasteiger partial charge < -0.3 is 0 Å². The molecule has 0 heterocycles. The molecule has 0 aromatic heterocycles. The Labute approximate surface area is 127 Å². The van der Waals surface area contributed by atoms with E-state index < -0.39 is 17.5 Å². The normalized spacial score (nSPS) is 11.5. The highest BCUT2D eigenvalue weighted by Gasteiger charge is 2.14. The molecule has 3 aromatic carbocycles. The number of hydrogen-bond donors (Lipinski definition) is 0. The molecule has 0 spiro atoms. The van der Waals surface area contributed by atoms with Crippen molar-refractivity contribution in [3.63, 3.8) is 0 Å². The Morgan fingerprint density at radius 1 is 0.773 bits per heavy atom. The predicted molar refractivity (Wildman–Crippen MR) is 84.6 cm³/mol. The lowest BCUT2D eigenvalue weighted by Gasteiger charge is -2.07. The summed E-state index contributed by atoms with van der Waals surface area (Å²) in [6.45, 7) is 2.16. The highest BCUT2D eigenvalue weighted by atomic mass is 19.2. The van der Waals surface area contributed by atoms with Crippen molar-refractivity contribution in [2.24, 2.45) is 0 Å². The van der Waals surface area contributed by atoms with Gasteiger partial charge in [-0.05, 0) is 52.8 Å². The lowest BCUT2D eigenvalue weighted by molar-refractivity contribution is 0.453. The highest BCUT2D eigenvalue weighted by Crippen LogP contribution is 2.28. The summed E-state index contributed by atoms with van der Waals surface area (Å²) >= 11 is 0. The van der Waals surface area contributed by atoms with Gasteiger partial charge in [0, 0.05) is 5.39 Å². The number of aryl methyl sites for hydroxylation is 1. The van der Waals surface area contributed by atoms with Crippen molar-refractivity contribution in [1.82, 2.24) is 0 Å². The van der Waals surface area contributed by atoms with Crippen LogP contribution in [0.5, 0.6) is 0 Å². The summed E-state index contributed by atoms with van der Waals surface area (Å²) in [5, 5.41) is 2.25. The Balaban J connectivity index is 2.10. The smallest absolute Gasteiger partial charge is 0.195 e. The molecule has 3 rings (SSSR count). The van der Waals surface area contributed by atoms with Gasteiger partial charge in [0.25, 0.3) is 0 Å². The largest absolute Gasteiger partial charge is 0.204 e. The number of unbranched alkanes of at least 4 members (excludes halogenated alkanes) is 2. The van der Waals surface area contributed by atoms with Crippen molar-refractivity contribution in [1.29, 1.82) is 0 Å². The molecule has 0 aliphatic rings. The van der Waals surface area contributed by atoms with Crippen molar-refractivity contribution in [3.8, 4) is 0 Å². The van der Waals surface area contributed by atoms with Gasteiger partial charge in [0.15, 0.2) is 17.5 Å². The van der Waals surface area contributed by atoms with Gasteiger partial charge in [-0.25, -0.2) is 13.2 Å². The third-order valence-electron chi connectivity index (χ3n) is 4.06. The van der Waals surface area contributed by atoms with Crippen molar-refractivity contribution >= 4 is 21.5 Å². The first-order valence-electron chi connectivity index (χ1n) is 7.60. The molecule has 0 radical (unpaired) electrons. The van der Waals surface area contributed by atoms with Crippen LogP contribution in [0.2, 0.25) is 0 Å². The van der Waals surface area contributed by atoms with Gasteiger partial charge in [0.1, 0.15) is 0 Å². The van der Waals surface area contributed by atoms with Crippen LogP contribution < -0.4 is 0 Å². The Kier molecular flexibility index (Phi) is 4.06. The molecule has 0 bridgehead atoms. The number of halogens is 3. The van der Waals surface area contributed by atoms with Gasteiger partial charge in [-0.3, -0.25) is 0 Å². The van der Waals surface area contributed by atoms with E-state index in [9.17, 15) is 13.2 Å². The van der Waals surface area contributed by atoms with E-state index >= 15 is 0 Å². The average molecular weight is 302 g/mol. The van der Waals surface area contributed by atoms with Gasteiger partial charge in [-0.15, -0.1) is 0 Å². The SMILES string of the molecule is CCCCCc1ccc2cc3cc(F)c(F)c(F)c3cc2c1. The molecule has 0 fully saturated rings. The van der Waals surface area contributed by atoms with E-state index in [1.807, 2.05) is 18.2 Å². The number of rotatable bonds is 4. The monoisotopic (exact) mass is 302 g/mol. The first kappa shape index (κ1) is 14.9. The highest BCUT2D eigenvalue weighted by molar-refractivity contribution is 5.98. The van der Waals surface area contributed by atoms with Crippen LogP contribution in [0.1, 0.15) is 31.7 Å². The van der Waals surface area contributed by atoms with E-state index in [0.29, 0.717) is 5.39 Å². The number of fused-ring (bicyclic) bond motifs is 2. The summed E-state index contributed by atoms with van der Waals surface area (Å²) in [5.41, 5.74) is 1.18. The standard InChI is InChI=1S/C19H17F3/c1-2-3-4-5-12-6-7-13-9-15-11-17(20)19(22)18(21)16(15)10-14(13)8-12/h6-11H,2-5H2,1H3. The predicted octanol–water partition coefficient (Wildman–Crippen LogP) is 6.14. The van der Waals surface area contributed by atoms with E-state index in [-0.39, 0.29) is 5.39 Å². The van der Waals surface area contributed by atoms with Crippen molar-refractivity contribution in [2.75, 3.05) is 0 Å². The van der Waals surface area contributed by atoms with E-state index in [4.69, 9.17) is 0 Å². The molecular weight excluding hydrogens is 285 g/mol. The van der Waals surface area contributed by atoms with Crippen LogP contribution in [0.15, 0.2) is 36.4 Å². The lowest BCUT2D eigenvalue weighted by Crippen LogP contribution is -1.93. The van der Waals surface area contributed by atoms with Crippen LogP contribution in [0.4, 0.5) is 13.2 Å². The molecule has 0 atom stereocenters. The van der Waals surface area contributed by atoms with Crippen LogP contribution in [0, 0.1) is 17.5 Å². The summed E-state index contributed by atoms with van der Waals surface area (Å²) in [6.07, 6.45) is 4.43. The third-order valence-corrected chi connectivity index (χ3v) is 4.06. The first-order chi connectivity index (χ1) is 10.6. The quantitative estimate of drug-likeness (QED) is 0.308. The summed E-state index contributed by atoms with van der Waals surface area (Å²) in [7, 11) is 0. The molecular formula is C19H17F3. The minimum atomic E-state index is -1.41. The van der Waals surface area contributed by atoms with Crippen LogP contribution in [0.3, 0.4) is 0 Å². The fourth-order valence-corrected chi connectivity index (χ4v) is 2.83. The molecule has 0 aliphatic carbocycles. The molecule has 0 saturated carbocycles. The molecule has 114 valence electrons. The van der Waals surface area contributed by atoms with Gasteiger partial charge >= 0.3 is 0 Å².